The third kappa shape index (κ3) is 4.32. The largest absolute Gasteiger partial charge is 0.456 e. The van der Waals surface area contributed by atoms with Crippen molar-refractivity contribution < 1.29 is 29.2 Å². The Morgan fingerprint density at radius 3 is 2.62 bits per heavy atom. The number of aliphatic hydroxyl groups excluding tert-OH is 1. The maximum atomic E-state index is 13.3. The number of nitro benzene ring substituents is 1. The molecule has 198 valence electrons. The number of hydrogen-bond donors (Lipinski definition) is 1. The van der Waals surface area contributed by atoms with Crippen molar-refractivity contribution in [3.05, 3.63) is 99.2 Å². The number of aliphatic hydroxyl groups is 1. The average Bonchev–Trinajstić information content (AvgIpc) is 3.55. The van der Waals surface area contributed by atoms with E-state index in [4.69, 9.17) is 9.57 Å². The molecule has 3 aliphatic rings. The highest BCUT2D eigenvalue weighted by molar-refractivity contribution is 6.05. The van der Waals surface area contributed by atoms with E-state index in [9.17, 15) is 24.8 Å². The Balaban J connectivity index is 1.24. The number of carbonyl (C=O) groups is 2. The molecule has 0 aromatic heterocycles. The summed E-state index contributed by atoms with van der Waals surface area (Å²) in [5.74, 6) is -1.63. The number of hydrogen-bond acceptors (Lipinski definition) is 8. The second-order valence-electron chi connectivity index (χ2n) is 10.0. The Kier molecular flexibility index (Phi) is 6.11. The topological polar surface area (TPSA) is 132 Å². The quantitative estimate of drug-likeness (QED) is 0.214. The Hall–Kier alpha value is -4.57. The number of rotatable bonds is 7. The fourth-order valence-electron chi connectivity index (χ4n) is 5.61. The van der Waals surface area contributed by atoms with Gasteiger partial charge in [-0.25, -0.2) is 4.79 Å². The molecule has 1 amide bonds. The monoisotopic (exact) mass is 527 g/mol. The van der Waals surface area contributed by atoms with Gasteiger partial charge in [-0.2, -0.15) is 0 Å². The molecule has 0 radical (unpaired) electrons. The smallest absolute Gasteiger partial charge is 0.355 e. The molecule has 0 bridgehead atoms. The summed E-state index contributed by atoms with van der Waals surface area (Å²) in [6.07, 6.45) is -0.624. The van der Waals surface area contributed by atoms with Crippen LogP contribution in [0.3, 0.4) is 0 Å². The number of non-ortho nitro benzene ring substituents is 1. The molecule has 0 aliphatic carbocycles. The van der Waals surface area contributed by atoms with Crippen LogP contribution in [0.25, 0.3) is 10.8 Å². The molecule has 39 heavy (non-hydrogen) atoms. The van der Waals surface area contributed by atoms with Gasteiger partial charge in [-0.3, -0.25) is 14.9 Å². The van der Waals surface area contributed by atoms with Gasteiger partial charge in [0.2, 0.25) is 5.91 Å². The number of nitro groups is 1. The van der Waals surface area contributed by atoms with Crippen LogP contribution in [0, 0.1) is 16.0 Å². The standard InChI is InChI=1S/C29H25N3O7/c1-16(33)26-24-13-22(25-14-23(30-39-25)20-9-8-18-4-2-3-5-19(18)12-20)27(31(24)28(26)34)29(35)38-15-17-6-10-21(11-7-17)32(36)37/h2-12,16,24-26,33H,13-15H2,1H3/t16-,24-,25-,26-/m1/s1. The summed E-state index contributed by atoms with van der Waals surface area (Å²) < 4.78 is 5.54. The molecule has 0 spiro atoms. The number of β-lactam (4-membered cyclic amide) rings is 1. The number of amides is 1. The number of nitrogens with zero attached hydrogens (tertiary/aromatic N) is 3. The van der Waals surface area contributed by atoms with E-state index in [-0.39, 0.29) is 29.9 Å². The summed E-state index contributed by atoms with van der Waals surface area (Å²) in [7, 11) is 0. The van der Waals surface area contributed by atoms with E-state index in [1.54, 1.807) is 6.92 Å². The zero-order valence-corrected chi connectivity index (χ0v) is 21.0. The van der Waals surface area contributed by atoms with Crippen LogP contribution in [0.2, 0.25) is 0 Å². The molecule has 10 heteroatoms. The lowest BCUT2D eigenvalue weighted by Crippen LogP contribution is -2.61. The summed E-state index contributed by atoms with van der Waals surface area (Å²) in [6.45, 7) is 1.45. The maximum Gasteiger partial charge on any atom is 0.355 e. The van der Waals surface area contributed by atoms with E-state index < -0.39 is 29.0 Å². The van der Waals surface area contributed by atoms with Crippen LogP contribution < -0.4 is 0 Å². The lowest BCUT2D eigenvalue weighted by atomic mass is 9.82. The van der Waals surface area contributed by atoms with Crippen LogP contribution in [-0.4, -0.2) is 50.8 Å². The van der Waals surface area contributed by atoms with Gasteiger partial charge in [0.15, 0.2) is 6.10 Å². The summed E-state index contributed by atoms with van der Waals surface area (Å²) >= 11 is 0. The SMILES string of the molecule is C[C@@H](O)[C@H]1C(=O)N2C(C(=O)OCc3ccc([N+](=O)[O-])cc3)=C([C@H]3CC(c4ccc5ccccc5c4)=NO3)C[C@H]12. The van der Waals surface area contributed by atoms with Gasteiger partial charge in [-0.05, 0) is 47.9 Å². The summed E-state index contributed by atoms with van der Waals surface area (Å²) in [5, 5.41) is 27.6. The first-order valence-corrected chi connectivity index (χ1v) is 12.7. The van der Waals surface area contributed by atoms with Crippen LogP contribution in [0.15, 0.2) is 83.2 Å². The van der Waals surface area contributed by atoms with Gasteiger partial charge in [0.25, 0.3) is 5.69 Å². The Morgan fingerprint density at radius 2 is 1.90 bits per heavy atom. The molecule has 1 N–H and O–H groups in total. The molecule has 3 aromatic carbocycles. The molecule has 3 aliphatic heterocycles. The number of oxime groups is 1. The number of benzene rings is 3. The van der Waals surface area contributed by atoms with Crippen molar-refractivity contribution in [1.29, 1.82) is 0 Å². The lowest BCUT2D eigenvalue weighted by molar-refractivity contribution is -0.384. The third-order valence-electron chi connectivity index (χ3n) is 7.61. The maximum absolute atomic E-state index is 13.3. The highest BCUT2D eigenvalue weighted by Gasteiger charge is 2.58. The van der Waals surface area contributed by atoms with Crippen LogP contribution in [0.1, 0.15) is 30.9 Å². The molecule has 4 atom stereocenters. The van der Waals surface area contributed by atoms with Gasteiger partial charge in [0, 0.05) is 29.7 Å². The fraction of sp³-hybridized carbons (Fsp3) is 0.276. The predicted octanol–water partition coefficient (Wildman–Crippen LogP) is 3.85. The Labute approximate surface area is 223 Å². The molecule has 10 nitrogen and oxygen atoms in total. The molecule has 3 aromatic rings. The number of fused-ring (bicyclic) bond motifs is 2. The van der Waals surface area contributed by atoms with E-state index >= 15 is 0 Å². The highest BCUT2D eigenvalue weighted by atomic mass is 16.6. The first-order chi connectivity index (χ1) is 18.8. The minimum Gasteiger partial charge on any atom is -0.456 e. The van der Waals surface area contributed by atoms with E-state index in [1.807, 2.05) is 42.5 Å². The Morgan fingerprint density at radius 1 is 1.15 bits per heavy atom. The number of ether oxygens (including phenoxy) is 1. The van der Waals surface area contributed by atoms with Crippen molar-refractivity contribution in [2.24, 2.45) is 11.1 Å². The van der Waals surface area contributed by atoms with Crippen LogP contribution in [0.5, 0.6) is 0 Å². The van der Waals surface area contributed by atoms with Gasteiger partial charge in [-0.15, -0.1) is 0 Å². The van der Waals surface area contributed by atoms with Crippen molar-refractivity contribution in [2.45, 2.75) is 44.6 Å². The van der Waals surface area contributed by atoms with Crippen molar-refractivity contribution in [3.63, 3.8) is 0 Å². The second kappa shape index (κ2) is 9.63. The van der Waals surface area contributed by atoms with Crippen molar-refractivity contribution in [3.8, 4) is 0 Å². The predicted molar refractivity (Wildman–Crippen MR) is 140 cm³/mol. The summed E-state index contributed by atoms with van der Waals surface area (Å²) in [6, 6.07) is 19.4. The molecule has 1 saturated heterocycles. The Bertz CT molecular complexity index is 1560. The van der Waals surface area contributed by atoms with Crippen LogP contribution in [0.4, 0.5) is 5.69 Å². The number of esters is 1. The molecule has 1 fully saturated rings. The summed E-state index contributed by atoms with van der Waals surface area (Å²) in [4.78, 5) is 43.9. The van der Waals surface area contributed by atoms with Gasteiger partial charge >= 0.3 is 5.97 Å². The zero-order valence-electron chi connectivity index (χ0n) is 21.0. The highest BCUT2D eigenvalue weighted by Crippen LogP contribution is 2.46. The van der Waals surface area contributed by atoms with E-state index in [2.05, 4.69) is 5.16 Å². The normalized spacial score (nSPS) is 22.7. The van der Waals surface area contributed by atoms with Gasteiger partial charge < -0.3 is 19.6 Å². The first-order valence-electron chi connectivity index (χ1n) is 12.7. The minimum atomic E-state index is -0.857. The van der Waals surface area contributed by atoms with E-state index in [0.717, 1.165) is 22.0 Å². The van der Waals surface area contributed by atoms with Gasteiger partial charge in [-0.1, -0.05) is 41.6 Å². The summed E-state index contributed by atoms with van der Waals surface area (Å²) in [5.41, 5.74) is 2.91. The third-order valence-corrected chi connectivity index (χ3v) is 7.61. The molecular formula is C29H25N3O7. The van der Waals surface area contributed by atoms with Gasteiger partial charge in [0.05, 0.1) is 28.7 Å². The van der Waals surface area contributed by atoms with Crippen LogP contribution >= 0.6 is 0 Å². The molecule has 0 saturated carbocycles. The van der Waals surface area contributed by atoms with E-state index in [0.29, 0.717) is 24.0 Å². The zero-order chi connectivity index (χ0) is 27.3. The second-order valence-corrected chi connectivity index (χ2v) is 10.0. The molecule has 6 rings (SSSR count). The fourth-order valence-corrected chi connectivity index (χ4v) is 5.61. The molecular weight excluding hydrogens is 502 g/mol. The molecule has 3 heterocycles. The first kappa shape index (κ1) is 24.7. The molecule has 0 unspecified atom stereocenters. The minimum absolute atomic E-state index is 0.0651. The number of carbonyl (C=O) groups excluding carboxylic acids is 2. The van der Waals surface area contributed by atoms with Crippen molar-refractivity contribution in [2.75, 3.05) is 0 Å². The lowest BCUT2D eigenvalue weighted by Gasteiger charge is -2.44. The van der Waals surface area contributed by atoms with Crippen LogP contribution in [-0.2, 0) is 25.8 Å². The van der Waals surface area contributed by atoms with E-state index in [1.165, 1.54) is 29.2 Å². The van der Waals surface area contributed by atoms with Gasteiger partial charge in [0.1, 0.15) is 12.3 Å². The van der Waals surface area contributed by atoms with Crippen molar-refractivity contribution >= 4 is 34.0 Å². The average molecular weight is 528 g/mol. The van der Waals surface area contributed by atoms with Crippen molar-refractivity contribution in [1.82, 2.24) is 4.90 Å².